The van der Waals surface area contributed by atoms with Crippen LogP contribution in [-0.4, -0.2) is 0 Å². The van der Waals surface area contributed by atoms with Gasteiger partial charge in [-0.3, -0.25) is 0 Å². The molecular formula is C20H20N2O2. The molecule has 0 aliphatic heterocycles. The second kappa shape index (κ2) is 8.60. The lowest BCUT2D eigenvalue weighted by atomic mass is 9.79. The average Bonchev–Trinajstić information content (AvgIpc) is 2.59. The highest BCUT2D eigenvalue weighted by Gasteiger charge is 2.21. The smallest absolute Gasteiger partial charge is 0.292 e. The number of benzene rings is 2. The minimum Gasteiger partial charge on any atom is -0.388 e. The van der Waals surface area contributed by atoms with Gasteiger partial charge < -0.3 is 9.47 Å². The molecule has 0 aliphatic carbocycles. The largest absolute Gasteiger partial charge is 0.388 e. The zero-order chi connectivity index (χ0) is 17.4. The molecule has 0 saturated carbocycles. The average molecular weight is 320 g/mol. The summed E-state index contributed by atoms with van der Waals surface area (Å²) in [6, 6.07) is 15.3. The van der Waals surface area contributed by atoms with Crippen molar-refractivity contribution >= 4 is 0 Å². The summed E-state index contributed by atoms with van der Waals surface area (Å²) in [4.78, 5) is 0. The molecule has 1 atom stereocenters. The van der Waals surface area contributed by atoms with Gasteiger partial charge in [0.2, 0.25) is 0 Å². The summed E-state index contributed by atoms with van der Waals surface area (Å²) in [6.07, 6.45) is 5.59. The van der Waals surface area contributed by atoms with E-state index in [4.69, 9.17) is 20.0 Å². The molecule has 122 valence electrons. The second-order valence-electron chi connectivity index (χ2n) is 5.77. The van der Waals surface area contributed by atoms with Crippen LogP contribution in [-0.2, 0) is 0 Å². The Morgan fingerprint density at radius 3 is 1.58 bits per heavy atom. The third kappa shape index (κ3) is 4.27. The van der Waals surface area contributed by atoms with E-state index in [1.807, 2.05) is 48.5 Å². The Hall–Kier alpha value is -2.98. The van der Waals surface area contributed by atoms with E-state index in [0.29, 0.717) is 17.4 Å². The maximum Gasteiger partial charge on any atom is 0.292 e. The van der Waals surface area contributed by atoms with E-state index in [2.05, 4.69) is 13.8 Å². The van der Waals surface area contributed by atoms with E-state index in [9.17, 15) is 0 Å². The molecule has 1 unspecified atom stereocenters. The molecule has 2 rings (SSSR count). The van der Waals surface area contributed by atoms with Gasteiger partial charge in [-0.05, 0) is 41.3 Å². The fourth-order valence-corrected chi connectivity index (χ4v) is 3.06. The predicted octanol–water partition coefficient (Wildman–Crippen LogP) is 4.97. The van der Waals surface area contributed by atoms with Crippen LogP contribution in [0.5, 0.6) is 11.5 Å². The van der Waals surface area contributed by atoms with Crippen molar-refractivity contribution in [1.29, 1.82) is 10.5 Å². The topological polar surface area (TPSA) is 66.0 Å². The first-order valence-electron chi connectivity index (χ1n) is 8.01. The van der Waals surface area contributed by atoms with Crippen LogP contribution in [0.4, 0.5) is 0 Å². The van der Waals surface area contributed by atoms with Crippen molar-refractivity contribution in [3.05, 3.63) is 59.7 Å². The normalized spacial score (nSPS) is 11.4. The predicted molar refractivity (Wildman–Crippen MR) is 91.3 cm³/mol. The second-order valence-corrected chi connectivity index (χ2v) is 5.77. The lowest BCUT2D eigenvalue weighted by Gasteiger charge is -2.25. The summed E-state index contributed by atoms with van der Waals surface area (Å²) in [5, 5.41) is 17.2. The summed E-state index contributed by atoms with van der Waals surface area (Å²) >= 11 is 0. The summed E-state index contributed by atoms with van der Waals surface area (Å²) in [7, 11) is 0. The highest BCUT2D eigenvalue weighted by Crippen LogP contribution is 2.35. The molecule has 0 N–H and O–H groups in total. The molecule has 0 amide bonds. The highest BCUT2D eigenvalue weighted by molar-refractivity contribution is 5.39. The Labute approximate surface area is 142 Å². The lowest BCUT2D eigenvalue weighted by Crippen LogP contribution is -2.11. The summed E-state index contributed by atoms with van der Waals surface area (Å²) in [6.45, 7) is 4.43. The number of ether oxygens (including phenoxy) is 2. The molecular weight excluding hydrogens is 300 g/mol. The maximum absolute atomic E-state index is 8.60. The van der Waals surface area contributed by atoms with Crippen LogP contribution >= 0.6 is 0 Å². The molecule has 0 aliphatic rings. The van der Waals surface area contributed by atoms with Crippen molar-refractivity contribution in [3.8, 4) is 24.0 Å². The van der Waals surface area contributed by atoms with E-state index >= 15 is 0 Å². The summed E-state index contributed by atoms with van der Waals surface area (Å²) in [5.74, 6) is 1.78. The van der Waals surface area contributed by atoms with Gasteiger partial charge in [0.25, 0.3) is 12.5 Å². The van der Waals surface area contributed by atoms with Crippen molar-refractivity contribution in [2.75, 3.05) is 0 Å². The van der Waals surface area contributed by atoms with Gasteiger partial charge in [-0.1, -0.05) is 51.0 Å². The van der Waals surface area contributed by atoms with E-state index in [1.165, 1.54) is 11.1 Å². The van der Waals surface area contributed by atoms with Crippen molar-refractivity contribution < 1.29 is 9.47 Å². The Kier molecular flexibility index (Phi) is 6.23. The number of hydrogen-bond donors (Lipinski definition) is 0. The van der Waals surface area contributed by atoms with Crippen molar-refractivity contribution in [1.82, 2.24) is 0 Å². The van der Waals surface area contributed by atoms with Gasteiger partial charge >= 0.3 is 0 Å². The van der Waals surface area contributed by atoms with Crippen LogP contribution in [0, 0.1) is 29.0 Å². The molecule has 4 nitrogen and oxygen atoms in total. The lowest BCUT2D eigenvalue weighted by molar-refractivity contribution is 0.465. The molecule has 0 heterocycles. The van der Waals surface area contributed by atoms with E-state index in [1.54, 1.807) is 12.5 Å². The highest BCUT2D eigenvalue weighted by atomic mass is 16.5. The fourth-order valence-electron chi connectivity index (χ4n) is 3.06. The summed E-state index contributed by atoms with van der Waals surface area (Å²) < 4.78 is 9.71. The van der Waals surface area contributed by atoms with Gasteiger partial charge in [-0.15, -0.1) is 10.5 Å². The molecule has 0 radical (unpaired) electrons. The molecule has 4 heteroatoms. The number of nitriles is 2. The number of nitrogens with zero attached hydrogens (tertiary/aromatic N) is 2. The standard InChI is InChI=1S/C20H20N2O2/c1-3-4-15(2)20(16-5-9-18(10-6-16)23-13-21)17-7-11-19(12-8-17)24-14-22/h5-12,15,20H,3-4H2,1-2H3. The molecule has 24 heavy (non-hydrogen) atoms. The van der Waals surface area contributed by atoms with Crippen LogP contribution in [0.25, 0.3) is 0 Å². The molecule has 2 aromatic carbocycles. The van der Waals surface area contributed by atoms with Crippen LogP contribution in [0.15, 0.2) is 48.5 Å². The van der Waals surface area contributed by atoms with E-state index < -0.39 is 0 Å². The van der Waals surface area contributed by atoms with Crippen molar-refractivity contribution in [3.63, 3.8) is 0 Å². The van der Waals surface area contributed by atoms with Gasteiger partial charge in [0.05, 0.1) is 0 Å². The Morgan fingerprint density at radius 2 is 1.25 bits per heavy atom. The van der Waals surface area contributed by atoms with Crippen LogP contribution in [0.1, 0.15) is 43.7 Å². The van der Waals surface area contributed by atoms with Gasteiger partial charge in [0.15, 0.2) is 0 Å². The molecule has 0 aromatic heterocycles. The molecule has 2 aromatic rings. The van der Waals surface area contributed by atoms with Crippen LogP contribution in [0.3, 0.4) is 0 Å². The van der Waals surface area contributed by atoms with Crippen molar-refractivity contribution in [2.24, 2.45) is 5.92 Å². The first-order chi connectivity index (χ1) is 11.7. The van der Waals surface area contributed by atoms with Gasteiger partial charge in [-0.25, -0.2) is 0 Å². The minimum absolute atomic E-state index is 0.234. The van der Waals surface area contributed by atoms with Crippen molar-refractivity contribution in [2.45, 2.75) is 32.6 Å². The first kappa shape index (κ1) is 17.4. The van der Waals surface area contributed by atoms with Gasteiger partial charge in [0, 0.05) is 5.92 Å². The van der Waals surface area contributed by atoms with Gasteiger partial charge in [0.1, 0.15) is 11.5 Å². The van der Waals surface area contributed by atoms with Crippen LogP contribution < -0.4 is 9.47 Å². The van der Waals surface area contributed by atoms with E-state index in [-0.39, 0.29) is 5.92 Å². The third-order valence-electron chi connectivity index (χ3n) is 4.12. The number of hydrogen-bond acceptors (Lipinski definition) is 4. The minimum atomic E-state index is 0.234. The van der Waals surface area contributed by atoms with E-state index in [0.717, 1.165) is 12.8 Å². The fraction of sp³-hybridized carbons (Fsp3) is 0.300. The monoisotopic (exact) mass is 320 g/mol. The number of rotatable bonds is 7. The van der Waals surface area contributed by atoms with Crippen LogP contribution in [0.2, 0.25) is 0 Å². The zero-order valence-corrected chi connectivity index (χ0v) is 13.9. The maximum atomic E-state index is 8.60. The molecule has 0 spiro atoms. The molecule has 0 bridgehead atoms. The SMILES string of the molecule is CCCC(C)C(c1ccc(OC#N)cc1)c1ccc(OC#N)cc1. The third-order valence-corrected chi connectivity index (χ3v) is 4.12. The Balaban J connectivity index is 2.34. The Bertz CT molecular complexity index is 665. The molecule has 0 saturated heterocycles. The quantitative estimate of drug-likeness (QED) is 0.675. The van der Waals surface area contributed by atoms with Gasteiger partial charge in [-0.2, -0.15) is 0 Å². The zero-order valence-electron chi connectivity index (χ0n) is 13.9. The Morgan fingerprint density at radius 1 is 0.833 bits per heavy atom. The first-order valence-corrected chi connectivity index (χ1v) is 8.01. The molecule has 0 fully saturated rings. The summed E-state index contributed by atoms with van der Waals surface area (Å²) in [5.41, 5.74) is 2.35.